The summed E-state index contributed by atoms with van der Waals surface area (Å²) in [5.41, 5.74) is 1.71. The molecule has 0 aliphatic carbocycles. The van der Waals surface area contributed by atoms with Gasteiger partial charge in [-0.3, -0.25) is 0 Å². The minimum atomic E-state index is -0.978. The number of methoxy groups -OCH3 is 2. The largest absolute Gasteiger partial charge is 0.490 e. The second-order valence-corrected chi connectivity index (χ2v) is 14.2. The predicted octanol–water partition coefficient (Wildman–Crippen LogP) is 5.68. The van der Waals surface area contributed by atoms with Crippen molar-refractivity contribution in [1.29, 1.82) is 0 Å². The zero-order valence-corrected chi connectivity index (χ0v) is 31.1. The van der Waals surface area contributed by atoms with Crippen LogP contribution < -0.4 is 0 Å². The van der Waals surface area contributed by atoms with Crippen molar-refractivity contribution in [3.8, 4) is 0 Å². The Bertz CT molecular complexity index is 1160. The summed E-state index contributed by atoms with van der Waals surface area (Å²) in [6.45, 7) is 17.2. The Balaban J connectivity index is 2.54. The molecular formula is C39H64O9. The first-order valence-electron chi connectivity index (χ1n) is 17.6. The molecule has 2 unspecified atom stereocenters. The molecule has 1 fully saturated rings. The number of aliphatic hydroxyl groups is 4. The van der Waals surface area contributed by atoms with Gasteiger partial charge in [-0.2, -0.15) is 0 Å². The standard InChI is InChI=1S/C39H64O9/c1-12-15-31-26(7)30(40)21-33(47-31)27(8)37(43)28(9)38-32(45-10)17-14-16-22(3)18-24(5)35(41)29(13-2)36(42)25(6)19-23(4)20-34(46-11)39(44)48-38/h12,14-17,19-20,24-33,35-38,40-43H,13,18,21H2,1-11H3/b15-12+,17-14?,22-16+,23-19+,34-20-/t24-,25-,26+,27-,28+,29?,30-,31-,32+,33-,35+,36-,37+,38?/m1/s1. The van der Waals surface area contributed by atoms with Gasteiger partial charge >= 0.3 is 5.97 Å². The first-order chi connectivity index (χ1) is 22.6. The summed E-state index contributed by atoms with van der Waals surface area (Å²) >= 11 is 0. The maximum Gasteiger partial charge on any atom is 0.373 e. The molecule has 0 saturated carbocycles. The van der Waals surface area contributed by atoms with Gasteiger partial charge in [0, 0.05) is 43.1 Å². The molecule has 0 bridgehead atoms. The number of ether oxygens (including phenoxy) is 4. The second kappa shape index (κ2) is 19.8. The van der Waals surface area contributed by atoms with E-state index in [1.807, 2.05) is 92.7 Å². The number of rotatable bonds is 8. The fourth-order valence-electron chi connectivity index (χ4n) is 7.16. The first-order valence-corrected chi connectivity index (χ1v) is 17.6. The second-order valence-electron chi connectivity index (χ2n) is 14.2. The summed E-state index contributed by atoms with van der Waals surface area (Å²) in [6, 6.07) is 0. The van der Waals surface area contributed by atoms with E-state index in [1.165, 1.54) is 14.2 Å². The van der Waals surface area contributed by atoms with Crippen LogP contribution in [0.2, 0.25) is 0 Å². The van der Waals surface area contributed by atoms with Crippen molar-refractivity contribution in [2.45, 2.75) is 130 Å². The number of cyclic esters (lactones) is 1. The monoisotopic (exact) mass is 676 g/mol. The molecule has 0 radical (unpaired) electrons. The smallest absolute Gasteiger partial charge is 0.373 e. The van der Waals surface area contributed by atoms with E-state index in [1.54, 1.807) is 12.2 Å². The summed E-state index contributed by atoms with van der Waals surface area (Å²) in [5.74, 6) is -2.58. The average molecular weight is 677 g/mol. The highest BCUT2D eigenvalue weighted by Gasteiger charge is 2.42. The lowest BCUT2D eigenvalue weighted by molar-refractivity contribution is -0.170. The minimum Gasteiger partial charge on any atom is -0.490 e. The van der Waals surface area contributed by atoms with Gasteiger partial charge in [-0.25, -0.2) is 4.79 Å². The third-order valence-electron chi connectivity index (χ3n) is 10.4. The van der Waals surface area contributed by atoms with Gasteiger partial charge < -0.3 is 39.4 Å². The summed E-state index contributed by atoms with van der Waals surface area (Å²) < 4.78 is 23.8. The zero-order valence-electron chi connectivity index (χ0n) is 31.1. The Morgan fingerprint density at radius 3 is 2.31 bits per heavy atom. The molecule has 48 heavy (non-hydrogen) atoms. The van der Waals surface area contributed by atoms with Crippen LogP contribution in [0.1, 0.15) is 81.6 Å². The van der Waals surface area contributed by atoms with Crippen LogP contribution in [0.5, 0.6) is 0 Å². The molecule has 0 amide bonds. The van der Waals surface area contributed by atoms with Crippen LogP contribution in [0.25, 0.3) is 0 Å². The van der Waals surface area contributed by atoms with Crippen LogP contribution in [0.15, 0.2) is 59.4 Å². The van der Waals surface area contributed by atoms with Crippen molar-refractivity contribution in [1.82, 2.24) is 0 Å². The summed E-state index contributed by atoms with van der Waals surface area (Å²) in [6.07, 6.45) is 9.04. The van der Waals surface area contributed by atoms with Crippen LogP contribution in [-0.4, -0.2) is 89.4 Å². The van der Waals surface area contributed by atoms with Gasteiger partial charge in [0.2, 0.25) is 5.76 Å². The van der Waals surface area contributed by atoms with Gasteiger partial charge in [-0.1, -0.05) is 89.1 Å². The lowest BCUT2D eigenvalue weighted by Crippen LogP contribution is -2.50. The fraction of sp³-hybridized carbons (Fsp3) is 0.718. The molecule has 2 aliphatic rings. The van der Waals surface area contributed by atoms with Gasteiger partial charge in [0.05, 0.1) is 43.7 Å². The van der Waals surface area contributed by atoms with Crippen LogP contribution in [0.4, 0.5) is 0 Å². The average Bonchev–Trinajstić information content (AvgIpc) is 3.05. The third kappa shape index (κ3) is 11.1. The maximum absolute atomic E-state index is 13.7. The van der Waals surface area contributed by atoms with Crippen molar-refractivity contribution in [3.05, 3.63) is 59.4 Å². The van der Waals surface area contributed by atoms with E-state index in [0.29, 0.717) is 24.8 Å². The molecule has 1 saturated heterocycles. The minimum absolute atomic E-state index is 0.0384. The van der Waals surface area contributed by atoms with E-state index in [4.69, 9.17) is 18.9 Å². The molecule has 2 aliphatic heterocycles. The van der Waals surface area contributed by atoms with Gasteiger partial charge in [0.25, 0.3) is 0 Å². The molecule has 2 heterocycles. The number of hydrogen-bond acceptors (Lipinski definition) is 9. The number of carbonyl (C=O) groups excluding carboxylic acids is 1. The summed E-state index contributed by atoms with van der Waals surface area (Å²) in [5, 5.41) is 45.1. The third-order valence-corrected chi connectivity index (χ3v) is 10.4. The normalized spacial score (nSPS) is 40.2. The zero-order chi connectivity index (χ0) is 36.3. The molecule has 0 aromatic rings. The molecule has 9 heteroatoms. The van der Waals surface area contributed by atoms with Crippen molar-refractivity contribution in [2.24, 2.45) is 35.5 Å². The predicted molar refractivity (Wildman–Crippen MR) is 189 cm³/mol. The van der Waals surface area contributed by atoms with Gasteiger partial charge in [-0.05, 0) is 45.6 Å². The van der Waals surface area contributed by atoms with E-state index in [-0.39, 0.29) is 35.5 Å². The topological polar surface area (TPSA) is 135 Å². The van der Waals surface area contributed by atoms with E-state index < -0.39 is 60.5 Å². The van der Waals surface area contributed by atoms with Gasteiger partial charge in [0.1, 0.15) is 12.2 Å². The van der Waals surface area contributed by atoms with E-state index >= 15 is 0 Å². The SMILES string of the molecule is C/C=C/[C@H]1O[C@@H]([C@@H](C)[C@H](O)[C@H](C)C2OC(=O)/C(OC)=C/C(C)=C/[C@@H](C)[C@@H](O)C(CC)[C@@H](O)[C@H](C)C/C(C)=C/C=C[C@@H]2OC)C[C@@H](O)[C@@H]1C. The molecule has 9 nitrogen and oxygen atoms in total. The molecule has 274 valence electrons. The number of carbonyl (C=O) groups is 1. The van der Waals surface area contributed by atoms with Crippen molar-refractivity contribution in [2.75, 3.05) is 14.2 Å². The summed E-state index contributed by atoms with van der Waals surface area (Å²) in [4.78, 5) is 13.7. The Labute approximate surface area is 289 Å². The molecule has 0 aromatic carbocycles. The highest BCUT2D eigenvalue weighted by atomic mass is 16.6. The number of hydrogen-bond donors (Lipinski definition) is 4. The maximum atomic E-state index is 13.7. The van der Waals surface area contributed by atoms with E-state index in [2.05, 4.69) is 0 Å². The van der Waals surface area contributed by atoms with Gasteiger partial charge in [-0.15, -0.1) is 0 Å². The first kappa shape index (κ1) is 41.9. The Morgan fingerprint density at radius 2 is 1.73 bits per heavy atom. The Kier molecular flexibility index (Phi) is 17.3. The van der Waals surface area contributed by atoms with Crippen LogP contribution in [-0.2, 0) is 23.7 Å². The lowest BCUT2D eigenvalue weighted by atomic mass is 9.79. The van der Waals surface area contributed by atoms with E-state index in [0.717, 1.165) is 5.57 Å². The molecule has 2 rings (SSSR count). The summed E-state index contributed by atoms with van der Waals surface area (Å²) in [7, 11) is 2.92. The van der Waals surface area contributed by atoms with E-state index in [9.17, 15) is 25.2 Å². The fourth-order valence-corrected chi connectivity index (χ4v) is 7.16. The number of esters is 1. The molecule has 0 spiro atoms. The Morgan fingerprint density at radius 1 is 1.06 bits per heavy atom. The quantitative estimate of drug-likeness (QED) is 0.189. The Hall–Kier alpha value is -2.27. The highest BCUT2D eigenvalue weighted by molar-refractivity contribution is 5.87. The van der Waals surface area contributed by atoms with Crippen molar-refractivity contribution in [3.63, 3.8) is 0 Å². The van der Waals surface area contributed by atoms with Crippen LogP contribution >= 0.6 is 0 Å². The highest BCUT2D eigenvalue weighted by Crippen LogP contribution is 2.35. The lowest BCUT2D eigenvalue weighted by Gasteiger charge is -2.42. The molecule has 0 aromatic heterocycles. The molecular weight excluding hydrogens is 612 g/mol. The molecule has 14 atom stereocenters. The number of aliphatic hydroxyl groups excluding tert-OH is 4. The van der Waals surface area contributed by atoms with Crippen LogP contribution in [0, 0.1) is 35.5 Å². The molecule has 4 N–H and O–H groups in total. The van der Waals surface area contributed by atoms with Gasteiger partial charge in [0.15, 0.2) is 0 Å². The van der Waals surface area contributed by atoms with Crippen molar-refractivity contribution >= 4 is 5.97 Å². The van der Waals surface area contributed by atoms with Crippen molar-refractivity contribution < 1.29 is 44.2 Å². The van der Waals surface area contributed by atoms with Crippen LogP contribution in [0.3, 0.4) is 0 Å². The number of allylic oxidation sites excluding steroid dienone is 6.